The molecule has 90 valence electrons. The van der Waals surface area contributed by atoms with E-state index < -0.39 is 0 Å². The fraction of sp³-hybridized carbons (Fsp3) is 0.357. The Hall–Kier alpha value is -1.61. The Balaban J connectivity index is 2.45. The normalized spacial score (nSPS) is 15.9. The van der Waals surface area contributed by atoms with Crippen molar-refractivity contribution in [1.29, 1.82) is 0 Å². The molecule has 0 atom stereocenters. The van der Waals surface area contributed by atoms with Crippen LogP contribution in [0.25, 0.3) is 5.57 Å². The summed E-state index contributed by atoms with van der Waals surface area (Å²) in [5.41, 5.74) is 4.20. The van der Waals surface area contributed by atoms with E-state index in [-0.39, 0.29) is 5.97 Å². The smallest absolute Gasteiger partial charge is 0.335 e. The third kappa shape index (κ3) is 2.56. The number of carbonyl (C=O) groups excluding carboxylic acids is 1. The number of aryl methyl sites for hydroxylation is 1. The number of benzene rings is 1. The van der Waals surface area contributed by atoms with Gasteiger partial charge in [0.25, 0.3) is 0 Å². The zero-order valence-electron chi connectivity index (χ0n) is 10.2. The van der Waals surface area contributed by atoms with Crippen LogP contribution in [0.1, 0.15) is 17.5 Å². The molecule has 0 spiro atoms. The molecule has 0 saturated carbocycles. The van der Waals surface area contributed by atoms with Crippen molar-refractivity contribution in [2.75, 3.05) is 20.2 Å². The highest BCUT2D eigenvalue weighted by molar-refractivity contribution is 5.98. The quantitative estimate of drug-likeness (QED) is 0.790. The zero-order valence-corrected chi connectivity index (χ0v) is 10.2. The largest absolute Gasteiger partial charge is 0.466 e. The van der Waals surface area contributed by atoms with Crippen LogP contribution in [0.5, 0.6) is 0 Å². The van der Waals surface area contributed by atoms with Crippen LogP contribution in [0.2, 0.25) is 0 Å². The lowest BCUT2D eigenvalue weighted by Gasteiger charge is -2.20. The van der Waals surface area contributed by atoms with Gasteiger partial charge in [-0.3, -0.25) is 0 Å². The highest BCUT2D eigenvalue weighted by Crippen LogP contribution is 2.25. The van der Waals surface area contributed by atoms with Crippen molar-refractivity contribution < 1.29 is 9.53 Å². The minimum atomic E-state index is -0.228. The van der Waals surface area contributed by atoms with E-state index in [0.29, 0.717) is 6.54 Å². The van der Waals surface area contributed by atoms with E-state index in [1.807, 2.05) is 6.07 Å². The Morgan fingerprint density at radius 3 is 2.94 bits per heavy atom. The summed E-state index contributed by atoms with van der Waals surface area (Å²) in [5.74, 6) is -0.228. The summed E-state index contributed by atoms with van der Waals surface area (Å²) in [6, 6.07) is 8.25. The first-order valence-corrected chi connectivity index (χ1v) is 5.80. The van der Waals surface area contributed by atoms with Gasteiger partial charge in [-0.15, -0.1) is 0 Å². The average Bonchev–Trinajstić information content (AvgIpc) is 2.38. The van der Waals surface area contributed by atoms with Gasteiger partial charge in [0.05, 0.1) is 12.7 Å². The van der Waals surface area contributed by atoms with Gasteiger partial charge in [0.2, 0.25) is 0 Å². The molecule has 17 heavy (non-hydrogen) atoms. The van der Waals surface area contributed by atoms with Crippen molar-refractivity contribution in [2.24, 2.45) is 0 Å². The van der Waals surface area contributed by atoms with Gasteiger partial charge in [-0.1, -0.05) is 29.8 Å². The molecular weight excluding hydrogens is 214 g/mol. The Kier molecular flexibility index (Phi) is 3.59. The third-order valence-electron chi connectivity index (χ3n) is 3.02. The topological polar surface area (TPSA) is 38.3 Å². The van der Waals surface area contributed by atoms with Gasteiger partial charge in [0.15, 0.2) is 0 Å². The number of methoxy groups -OCH3 is 1. The molecule has 0 aromatic heterocycles. The highest BCUT2D eigenvalue weighted by atomic mass is 16.5. The van der Waals surface area contributed by atoms with Gasteiger partial charge in [0, 0.05) is 6.54 Å². The van der Waals surface area contributed by atoms with Crippen LogP contribution in [-0.2, 0) is 9.53 Å². The molecule has 1 aliphatic rings. The minimum absolute atomic E-state index is 0.228. The number of hydrogen-bond acceptors (Lipinski definition) is 3. The predicted octanol–water partition coefficient (Wildman–Crippen LogP) is 1.91. The summed E-state index contributed by atoms with van der Waals surface area (Å²) in [6.07, 6.45) is 0.869. The van der Waals surface area contributed by atoms with Crippen LogP contribution in [-0.4, -0.2) is 26.2 Å². The molecule has 3 nitrogen and oxygen atoms in total. The Bertz CT molecular complexity index is 463. The lowest BCUT2D eigenvalue weighted by Crippen LogP contribution is -2.28. The summed E-state index contributed by atoms with van der Waals surface area (Å²) >= 11 is 0. The third-order valence-corrected chi connectivity index (χ3v) is 3.02. The molecule has 0 aliphatic carbocycles. The Morgan fingerprint density at radius 1 is 1.41 bits per heavy atom. The van der Waals surface area contributed by atoms with E-state index >= 15 is 0 Å². The van der Waals surface area contributed by atoms with E-state index in [1.54, 1.807) is 0 Å². The molecule has 1 N–H and O–H groups in total. The Morgan fingerprint density at radius 2 is 2.24 bits per heavy atom. The standard InChI is InChI=1S/C14H17NO2/c1-10-4-3-5-11(8-10)12-6-7-15-9-13(12)14(16)17-2/h3-5,8,15H,6-7,9H2,1-2H3. The molecule has 1 aromatic rings. The second-order valence-electron chi connectivity index (χ2n) is 4.24. The average molecular weight is 231 g/mol. The molecule has 1 aromatic carbocycles. The number of rotatable bonds is 2. The van der Waals surface area contributed by atoms with Crippen LogP contribution in [0.4, 0.5) is 0 Å². The van der Waals surface area contributed by atoms with Crippen LogP contribution >= 0.6 is 0 Å². The molecule has 3 heteroatoms. The van der Waals surface area contributed by atoms with Gasteiger partial charge < -0.3 is 10.1 Å². The first-order valence-electron chi connectivity index (χ1n) is 5.80. The first kappa shape index (κ1) is 11.9. The lowest BCUT2D eigenvalue weighted by atomic mass is 9.93. The van der Waals surface area contributed by atoms with E-state index in [9.17, 15) is 4.79 Å². The molecule has 0 fully saturated rings. The summed E-state index contributed by atoms with van der Waals surface area (Å²) < 4.78 is 4.83. The van der Waals surface area contributed by atoms with E-state index in [2.05, 4.69) is 30.4 Å². The Labute approximate surface area is 101 Å². The molecule has 0 amide bonds. The van der Waals surface area contributed by atoms with Gasteiger partial charge in [-0.05, 0) is 31.0 Å². The fourth-order valence-corrected chi connectivity index (χ4v) is 2.15. The minimum Gasteiger partial charge on any atom is -0.466 e. The molecule has 2 rings (SSSR count). The predicted molar refractivity (Wildman–Crippen MR) is 67.6 cm³/mol. The molecule has 0 saturated heterocycles. The molecule has 0 radical (unpaired) electrons. The number of ether oxygens (including phenoxy) is 1. The lowest BCUT2D eigenvalue weighted by molar-refractivity contribution is -0.136. The number of hydrogen-bond donors (Lipinski definition) is 1. The van der Waals surface area contributed by atoms with E-state index in [4.69, 9.17) is 4.74 Å². The SMILES string of the molecule is COC(=O)C1=C(c2cccc(C)c2)CCNC1. The zero-order chi connectivity index (χ0) is 12.3. The van der Waals surface area contributed by atoms with Gasteiger partial charge in [0.1, 0.15) is 0 Å². The van der Waals surface area contributed by atoms with Crippen molar-refractivity contribution in [3.05, 3.63) is 41.0 Å². The van der Waals surface area contributed by atoms with Crippen molar-refractivity contribution in [2.45, 2.75) is 13.3 Å². The van der Waals surface area contributed by atoms with Crippen LogP contribution < -0.4 is 5.32 Å². The highest BCUT2D eigenvalue weighted by Gasteiger charge is 2.20. The van der Waals surface area contributed by atoms with Crippen molar-refractivity contribution >= 4 is 11.5 Å². The maximum absolute atomic E-state index is 11.7. The number of carbonyl (C=O) groups is 1. The number of esters is 1. The molecule has 0 bridgehead atoms. The second kappa shape index (κ2) is 5.15. The van der Waals surface area contributed by atoms with Gasteiger partial charge in [-0.25, -0.2) is 4.79 Å². The maximum Gasteiger partial charge on any atom is 0.335 e. The molecule has 0 unspecified atom stereocenters. The monoisotopic (exact) mass is 231 g/mol. The maximum atomic E-state index is 11.7. The summed E-state index contributed by atoms with van der Waals surface area (Å²) in [5, 5.41) is 3.21. The fourth-order valence-electron chi connectivity index (χ4n) is 2.15. The van der Waals surface area contributed by atoms with E-state index in [0.717, 1.165) is 29.7 Å². The van der Waals surface area contributed by atoms with Crippen LogP contribution in [0, 0.1) is 6.92 Å². The summed E-state index contributed by atoms with van der Waals surface area (Å²) in [4.78, 5) is 11.7. The van der Waals surface area contributed by atoms with Crippen LogP contribution in [0.15, 0.2) is 29.8 Å². The van der Waals surface area contributed by atoms with Crippen molar-refractivity contribution in [3.63, 3.8) is 0 Å². The van der Waals surface area contributed by atoms with Gasteiger partial charge in [-0.2, -0.15) is 0 Å². The molecular formula is C14H17NO2. The number of nitrogens with one attached hydrogen (secondary N) is 1. The first-order chi connectivity index (χ1) is 8.22. The summed E-state index contributed by atoms with van der Waals surface area (Å²) in [7, 11) is 1.43. The molecule has 1 aliphatic heterocycles. The van der Waals surface area contributed by atoms with Crippen molar-refractivity contribution in [1.82, 2.24) is 5.32 Å². The molecule has 1 heterocycles. The summed E-state index contributed by atoms with van der Waals surface area (Å²) in [6.45, 7) is 3.56. The van der Waals surface area contributed by atoms with Crippen molar-refractivity contribution in [3.8, 4) is 0 Å². The van der Waals surface area contributed by atoms with Crippen LogP contribution in [0.3, 0.4) is 0 Å². The van der Waals surface area contributed by atoms with Gasteiger partial charge >= 0.3 is 5.97 Å². The second-order valence-corrected chi connectivity index (χ2v) is 4.24. The van der Waals surface area contributed by atoms with E-state index in [1.165, 1.54) is 12.7 Å².